The lowest BCUT2D eigenvalue weighted by atomic mass is 9.99. The van der Waals surface area contributed by atoms with Crippen LogP contribution in [0.3, 0.4) is 0 Å². The summed E-state index contributed by atoms with van der Waals surface area (Å²) in [5.74, 6) is 0.566. The normalized spacial score (nSPS) is 20.1. The summed E-state index contributed by atoms with van der Waals surface area (Å²) < 4.78 is 0. The third-order valence-corrected chi connectivity index (χ3v) is 3.23. The molecule has 3 heteroatoms. The third kappa shape index (κ3) is 2.51. The van der Waals surface area contributed by atoms with E-state index in [2.05, 4.69) is 41.6 Å². The van der Waals surface area contributed by atoms with E-state index in [1.165, 1.54) is 17.0 Å². The zero-order chi connectivity index (χ0) is 9.10. The van der Waals surface area contributed by atoms with Crippen molar-refractivity contribution in [3.05, 3.63) is 35.9 Å². The maximum Gasteiger partial charge on any atom is 0.0748 e. The van der Waals surface area contributed by atoms with Crippen molar-refractivity contribution in [1.82, 2.24) is 0 Å². The predicted molar refractivity (Wildman–Crippen MR) is 75.0 cm³/mol. The van der Waals surface area contributed by atoms with E-state index in [4.69, 9.17) is 0 Å². The summed E-state index contributed by atoms with van der Waals surface area (Å²) in [6.07, 6.45) is 3.29. The van der Waals surface area contributed by atoms with Crippen molar-refractivity contribution in [2.45, 2.75) is 12.3 Å². The van der Waals surface area contributed by atoms with E-state index in [1.807, 2.05) is 0 Å². The van der Waals surface area contributed by atoms with Crippen LogP contribution < -0.4 is 0 Å². The molecule has 14 heavy (non-hydrogen) atoms. The fraction of sp³-hybridized carbons (Fsp3) is 0.364. The molecule has 0 radical (unpaired) electrons. The molecule has 76 valence electrons. The van der Waals surface area contributed by atoms with E-state index in [1.54, 1.807) is 11.8 Å². The van der Waals surface area contributed by atoms with Crippen LogP contribution in [0.2, 0.25) is 0 Å². The first-order chi connectivity index (χ1) is 6.42. The Balaban J connectivity index is 0.000000980. The molecule has 1 unspecified atom stereocenters. The van der Waals surface area contributed by atoms with E-state index < -0.39 is 0 Å². The lowest BCUT2D eigenvalue weighted by molar-refractivity contribution is 0.846. The molecule has 1 aromatic rings. The van der Waals surface area contributed by atoms with Crippen molar-refractivity contribution < 1.29 is 0 Å². The van der Waals surface area contributed by atoms with Gasteiger partial charge >= 0.3 is 0 Å². The average Bonchev–Trinajstić information content (AvgIpc) is 2.67. The number of aliphatic imine (C=N–C) groups is 1. The van der Waals surface area contributed by atoms with Crippen molar-refractivity contribution >= 4 is 40.8 Å². The molecule has 0 spiro atoms. The van der Waals surface area contributed by atoms with Gasteiger partial charge in [-0.1, -0.05) is 30.3 Å². The Bertz CT molecular complexity index is 310. The van der Waals surface area contributed by atoms with Crippen LogP contribution >= 0.6 is 35.7 Å². The topological polar surface area (TPSA) is 12.4 Å². The van der Waals surface area contributed by atoms with Crippen LogP contribution in [-0.2, 0) is 0 Å². The lowest BCUT2D eigenvalue weighted by Crippen LogP contribution is -2.03. The van der Waals surface area contributed by atoms with Crippen LogP contribution in [0.1, 0.15) is 17.9 Å². The highest BCUT2D eigenvalue weighted by Crippen LogP contribution is 2.30. The minimum absolute atomic E-state index is 0. The summed E-state index contributed by atoms with van der Waals surface area (Å²) in [5.41, 5.74) is 1.41. The second kappa shape index (κ2) is 5.75. The van der Waals surface area contributed by atoms with Gasteiger partial charge in [0.05, 0.1) is 5.04 Å². The fourth-order valence-corrected chi connectivity index (χ4v) is 2.50. The van der Waals surface area contributed by atoms with E-state index in [9.17, 15) is 0 Å². The Morgan fingerprint density at radius 2 is 2.00 bits per heavy atom. The fourth-order valence-electron chi connectivity index (χ4n) is 1.74. The number of nitrogens with zero attached hydrogens (tertiary/aromatic N) is 1. The van der Waals surface area contributed by atoms with Gasteiger partial charge in [-0.25, -0.2) is 0 Å². The summed E-state index contributed by atoms with van der Waals surface area (Å²) >= 11 is 1.79. The van der Waals surface area contributed by atoms with Crippen LogP contribution in [0, 0.1) is 0 Å². The maximum atomic E-state index is 4.49. The molecule has 0 saturated carbocycles. The van der Waals surface area contributed by atoms with Gasteiger partial charge in [-0.15, -0.1) is 35.7 Å². The van der Waals surface area contributed by atoms with Crippen LogP contribution in [0.5, 0.6) is 0 Å². The Morgan fingerprint density at radius 3 is 2.64 bits per heavy atom. The second-order valence-corrected chi connectivity index (χ2v) is 4.00. The molecule has 1 atom stereocenters. The number of thioether (sulfide) groups is 1. The quantitative estimate of drug-likeness (QED) is 0.721. The van der Waals surface area contributed by atoms with E-state index >= 15 is 0 Å². The molecule has 0 bridgehead atoms. The predicted octanol–water partition coefficient (Wildman–Crippen LogP) is 3.55. The SMILES string of the molecule is CSC1=NCCC1c1ccccc1.I. The molecule has 0 N–H and O–H groups in total. The summed E-state index contributed by atoms with van der Waals surface area (Å²) in [6, 6.07) is 10.7. The Morgan fingerprint density at radius 1 is 1.29 bits per heavy atom. The zero-order valence-electron chi connectivity index (χ0n) is 8.14. The largest absolute Gasteiger partial charge is 0.282 e. The summed E-state index contributed by atoms with van der Waals surface area (Å²) in [4.78, 5) is 4.49. The Labute approximate surface area is 106 Å². The number of halogens is 1. The summed E-state index contributed by atoms with van der Waals surface area (Å²) in [5, 5.41) is 1.30. The number of rotatable bonds is 1. The van der Waals surface area contributed by atoms with Crippen molar-refractivity contribution in [3.8, 4) is 0 Å². The molecular formula is C11H14INS. The highest BCUT2D eigenvalue weighted by molar-refractivity contribution is 14.0. The summed E-state index contributed by atoms with van der Waals surface area (Å²) in [6.45, 7) is 0.996. The standard InChI is InChI=1S/C11H13NS.HI/c1-13-11-10(7-8-12-11)9-5-3-2-4-6-9;/h2-6,10H,7-8H2,1H3;1H. The second-order valence-electron chi connectivity index (χ2n) is 3.18. The molecule has 0 amide bonds. The number of hydrogen-bond acceptors (Lipinski definition) is 2. The highest BCUT2D eigenvalue weighted by Gasteiger charge is 2.21. The van der Waals surface area contributed by atoms with E-state index in [0.29, 0.717) is 5.92 Å². The van der Waals surface area contributed by atoms with Gasteiger partial charge in [-0.05, 0) is 18.2 Å². The monoisotopic (exact) mass is 319 g/mol. The van der Waals surface area contributed by atoms with Crippen LogP contribution in [0.15, 0.2) is 35.3 Å². The van der Waals surface area contributed by atoms with Crippen molar-refractivity contribution in [3.63, 3.8) is 0 Å². The first kappa shape index (κ1) is 12.0. The van der Waals surface area contributed by atoms with Crippen LogP contribution in [0.4, 0.5) is 0 Å². The number of hydrogen-bond donors (Lipinski definition) is 0. The average molecular weight is 319 g/mol. The van der Waals surface area contributed by atoms with Crippen LogP contribution in [0.25, 0.3) is 0 Å². The van der Waals surface area contributed by atoms with Gasteiger partial charge in [0.1, 0.15) is 0 Å². The molecule has 0 fully saturated rings. The first-order valence-electron chi connectivity index (χ1n) is 4.55. The van der Waals surface area contributed by atoms with Gasteiger partial charge in [-0.2, -0.15) is 0 Å². The van der Waals surface area contributed by atoms with Gasteiger partial charge in [0.15, 0.2) is 0 Å². The smallest absolute Gasteiger partial charge is 0.0748 e. The van der Waals surface area contributed by atoms with E-state index in [0.717, 1.165) is 6.54 Å². The van der Waals surface area contributed by atoms with Crippen molar-refractivity contribution in [1.29, 1.82) is 0 Å². The van der Waals surface area contributed by atoms with Gasteiger partial charge in [0.25, 0.3) is 0 Å². The third-order valence-electron chi connectivity index (χ3n) is 2.39. The molecule has 2 rings (SSSR count). The Hall–Kier alpha value is -0.0300. The minimum Gasteiger partial charge on any atom is -0.282 e. The molecule has 1 heterocycles. The van der Waals surface area contributed by atoms with E-state index in [-0.39, 0.29) is 24.0 Å². The zero-order valence-corrected chi connectivity index (χ0v) is 11.3. The van der Waals surface area contributed by atoms with Gasteiger partial charge < -0.3 is 0 Å². The molecule has 1 aliphatic rings. The molecule has 0 saturated heterocycles. The minimum atomic E-state index is 0. The molecule has 0 aromatic heterocycles. The molecule has 1 nitrogen and oxygen atoms in total. The first-order valence-corrected chi connectivity index (χ1v) is 5.77. The van der Waals surface area contributed by atoms with Crippen molar-refractivity contribution in [2.75, 3.05) is 12.8 Å². The van der Waals surface area contributed by atoms with Crippen LogP contribution in [-0.4, -0.2) is 17.8 Å². The maximum absolute atomic E-state index is 4.49. The highest BCUT2D eigenvalue weighted by atomic mass is 127. The summed E-state index contributed by atoms with van der Waals surface area (Å²) in [7, 11) is 0. The van der Waals surface area contributed by atoms with Gasteiger partial charge in [-0.3, -0.25) is 4.99 Å². The molecule has 1 aromatic carbocycles. The molecule has 1 aliphatic heterocycles. The van der Waals surface area contributed by atoms with Gasteiger partial charge in [0, 0.05) is 12.5 Å². The lowest BCUT2D eigenvalue weighted by Gasteiger charge is -2.10. The molecular weight excluding hydrogens is 305 g/mol. The Kier molecular flexibility index (Phi) is 4.95. The van der Waals surface area contributed by atoms with Gasteiger partial charge in [0.2, 0.25) is 0 Å². The molecule has 0 aliphatic carbocycles. The van der Waals surface area contributed by atoms with Crippen molar-refractivity contribution in [2.24, 2.45) is 4.99 Å². The number of benzene rings is 1.